The van der Waals surface area contributed by atoms with E-state index >= 15 is 0 Å². The van der Waals surface area contributed by atoms with Crippen molar-refractivity contribution in [3.63, 3.8) is 0 Å². The molecule has 1 heterocycles. The first-order valence-electron chi connectivity index (χ1n) is 8.40. The van der Waals surface area contributed by atoms with E-state index in [1.807, 2.05) is 24.3 Å². The van der Waals surface area contributed by atoms with Crippen LogP contribution in [0.25, 0.3) is 0 Å². The van der Waals surface area contributed by atoms with Crippen LogP contribution < -0.4 is 10.6 Å². The van der Waals surface area contributed by atoms with Crippen LogP contribution in [0, 0.1) is 11.3 Å². The van der Waals surface area contributed by atoms with Gasteiger partial charge in [0.15, 0.2) is 0 Å². The summed E-state index contributed by atoms with van der Waals surface area (Å²) in [7, 11) is 0. The Morgan fingerprint density at radius 2 is 1.93 bits per heavy atom. The number of aromatic nitrogens is 1. The Balaban J connectivity index is 1.53. The highest BCUT2D eigenvalue weighted by Gasteiger charge is 2.06. The third kappa shape index (κ3) is 5.30. The van der Waals surface area contributed by atoms with Gasteiger partial charge in [-0.15, -0.1) is 0 Å². The molecule has 3 rings (SSSR count). The lowest BCUT2D eigenvalue weighted by molar-refractivity contribution is 0.0954. The highest BCUT2D eigenvalue weighted by Crippen LogP contribution is 2.15. The van der Waals surface area contributed by atoms with Crippen LogP contribution in [0.4, 0.5) is 11.5 Å². The molecule has 2 N–H and O–H groups in total. The lowest BCUT2D eigenvalue weighted by atomic mass is 10.1. The number of pyridine rings is 1. The van der Waals surface area contributed by atoms with Gasteiger partial charge in [0.2, 0.25) is 0 Å². The molecule has 1 amide bonds. The summed E-state index contributed by atoms with van der Waals surface area (Å²) in [5.41, 5.74) is 2.98. The molecule has 0 saturated carbocycles. The van der Waals surface area contributed by atoms with Gasteiger partial charge >= 0.3 is 0 Å². The Bertz CT molecular complexity index is 963. The average molecular weight is 377 g/mol. The van der Waals surface area contributed by atoms with Crippen molar-refractivity contribution >= 4 is 29.0 Å². The molecule has 0 radical (unpaired) electrons. The fourth-order valence-electron chi connectivity index (χ4n) is 2.49. The van der Waals surface area contributed by atoms with Crippen molar-refractivity contribution in [3.05, 3.63) is 88.6 Å². The monoisotopic (exact) mass is 376 g/mol. The smallest absolute Gasteiger partial charge is 0.252 e. The number of nitriles is 1. The Kier molecular flexibility index (Phi) is 6.03. The quantitative estimate of drug-likeness (QED) is 0.671. The van der Waals surface area contributed by atoms with Crippen molar-refractivity contribution in [3.8, 4) is 6.07 Å². The molecule has 0 fully saturated rings. The predicted molar refractivity (Wildman–Crippen MR) is 106 cm³/mol. The molecule has 0 bridgehead atoms. The van der Waals surface area contributed by atoms with Gasteiger partial charge in [0.1, 0.15) is 5.82 Å². The van der Waals surface area contributed by atoms with E-state index in [0.717, 1.165) is 11.3 Å². The standard InChI is InChI=1S/C21H17ClN4O/c22-18-3-1-2-15(12-18)10-11-24-21(27)17-6-9-20(25-14-17)26-19-7-4-16(13-23)5-8-19/h1-9,12,14H,10-11H2,(H,24,27)(H,25,26). The Hall–Kier alpha value is -3.36. The zero-order valence-electron chi connectivity index (χ0n) is 14.4. The number of hydrogen-bond donors (Lipinski definition) is 2. The molecule has 27 heavy (non-hydrogen) atoms. The number of hydrogen-bond acceptors (Lipinski definition) is 4. The van der Waals surface area contributed by atoms with E-state index in [0.29, 0.717) is 34.9 Å². The molecule has 0 saturated heterocycles. The van der Waals surface area contributed by atoms with Gasteiger partial charge in [-0.1, -0.05) is 23.7 Å². The summed E-state index contributed by atoms with van der Waals surface area (Å²) in [6, 6.07) is 20.2. The maximum atomic E-state index is 12.2. The number of carbonyl (C=O) groups excluding carboxylic acids is 1. The molecule has 0 atom stereocenters. The van der Waals surface area contributed by atoms with E-state index in [2.05, 4.69) is 21.7 Å². The minimum Gasteiger partial charge on any atom is -0.352 e. The summed E-state index contributed by atoms with van der Waals surface area (Å²) in [5, 5.41) is 15.5. The lowest BCUT2D eigenvalue weighted by Gasteiger charge is -2.08. The van der Waals surface area contributed by atoms with Gasteiger partial charge in [-0.05, 0) is 60.5 Å². The highest BCUT2D eigenvalue weighted by atomic mass is 35.5. The molecule has 3 aromatic rings. The van der Waals surface area contributed by atoms with Crippen LogP contribution >= 0.6 is 11.6 Å². The summed E-state index contributed by atoms with van der Waals surface area (Å²) >= 11 is 5.95. The fraction of sp³-hybridized carbons (Fsp3) is 0.0952. The van der Waals surface area contributed by atoms with E-state index in [-0.39, 0.29) is 5.91 Å². The molecule has 0 aliphatic rings. The Morgan fingerprint density at radius 1 is 1.11 bits per heavy atom. The summed E-state index contributed by atoms with van der Waals surface area (Å²) in [6.07, 6.45) is 2.23. The minimum atomic E-state index is -0.172. The van der Waals surface area contributed by atoms with Crippen LogP contribution in [-0.4, -0.2) is 17.4 Å². The largest absolute Gasteiger partial charge is 0.352 e. The molecular formula is C21H17ClN4O. The second-order valence-electron chi connectivity index (χ2n) is 5.88. The molecule has 6 heteroatoms. The zero-order chi connectivity index (χ0) is 19.1. The second-order valence-corrected chi connectivity index (χ2v) is 6.32. The fourth-order valence-corrected chi connectivity index (χ4v) is 2.71. The van der Waals surface area contributed by atoms with Crippen LogP contribution in [0.5, 0.6) is 0 Å². The average Bonchev–Trinajstić information content (AvgIpc) is 2.69. The van der Waals surface area contributed by atoms with Gasteiger partial charge < -0.3 is 10.6 Å². The highest BCUT2D eigenvalue weighted by molar-refractivity contribution is 6.30. The van der Waals surface area contributed by atoms with Crippen molar-refractivity contribution in [2.45, 2.75) is 6.42 Å². The Labute approximate surface area is 162 Å². The van der Waals surface area contributed by atoms with Gasteiger partial charge in [0, 0.05) is 23.5 Å². The number of benzene rings is 2. The first kappa shape index (κ1) is 18.4. The minimum absolute atomic E-state index is 0.172. The maximum absolute atomic E-state index is 12.2. The summed E-state index contributed by atoms with van der Waals surface area (Å²) < 4.78 is 0. The normalized spacial score (nSPS) is 10.1. The number of carbonyl (C=O) groups is 1. The van der Waals surface area contributed by atoms with Crippen molar-refractivity contribution in [1.29, 1.82) is 5.26 Å². The lowest BCUT2D eigenvalue weighted by Crippen LogP contribution is -2.25. The maximum Gasteiger partial charge on any atom is 0.252 e. The van der Waals surface area contributed by atoms with E-state index in [1.165, 1.54) is 6.20 Å². The van der Waals surface area contributed by atoms with E-state index < -0.39 is 0 Å². The van der Waals surface area contributed by atoms with Crippen molar-refractivity contribution in [1.82, 2.24) is 10.3 Å². The number of halogens is 1. The van der Waals surface area contributed by atoms with Crippen LogP contribution in [0.2, 0.25) is 5.02 Å². The van der Waals surface area contributed by atoms with Crippen LogP contribution in [0.1, 0.15) is 21.5 Å². The van der Waals surface area contributed by atoms with Crippen molar-refractivity contribution < 1.29 is 4.79 Å². The molecule has 0 aliphatic heterocycles. The molecule has 0 spiro atoms. The van der Waals surface area contributed by atoms with Crippen molar-refractivity contribution in [2.24, 2.45) is 0 Å². The summed E-state index contributed by atoms with van der Waals surface area (Å²) in [6.45, 7) is 0.518. The molecule has 0 aliphatic carbocycles. The molecular weight excluding hydrogens is 360 g/mol. The second kappa shape index (κ2) is 8.84. The van der Waals surface area contributed by atoms with Gasteiger partial charge in [-0.2, -0.15) is 5.26 Å². The first-order valence-corrected chi connectivity index (χ1v) is 8.78. The SMILES string of the molecule is N#Cc1ccc(Nc2ccc(C(=O)NCCc3cccc(Cl)c3)cn2)cc1. The zero-order valence-corrected chi connectivity index (χ0v) is 15.2. The van der Waals surface area contributed by atoms with Gasteiger partial charge in [0.25, 0.3) is 5.91 Å². The van der Waals surface area contributed by atoms with Gasteiger partial charge in [-0.3, -0.25) is 4.79 Å². The van der Waals surface area contributed by atoms with Crippen LogP contribution in [0.3, 0.4) is 0 Å². The topological polar surface area (TPSA) is 77.8 Å². The number of rotatable bonds is 6. The number of amides is 1. The first-order chi connectivity index (χ1) is 13.1. The third-order valence-corrected chi connectivity index (χ3v) is 4.14. The van der Waals surface area contributed by atoms with Gasteiger partial charge in [0.05, 0.1) is 17.2 Å². The molecule has 134 valence electrons. The third-order valence-electron chi connectivity index (χ3n) is 3.90. The van der Waals surface area contributed by atoms with Crippen molar-refractivity contribution in [2.75, 3.05) is 11.9 Å². The van der Waals surface area contributed by atoms with Crippen LogP contribution in [0.15, 0.2) is 66.9 Å². The molecule has 1 aromatic heterocycles. The van der Waals surface area contributed by atoms with Gasteiger partial charge in [-0.25, -0.2) is 4.98 Å². The van der Waals surface area contributed by atoms with Crippen LogP contribution in [-0.2, 0) is 6.42 Å². The summed E-state index contributed by atoms with van der Waals surface area (Å²) in [5.74, 6) is 0.449. The molecule has 2 aromatic carbocycles. The van der Waals surface area contributed by atoms with E-state index in [1.54, 1.807) is 36.4 Å². The number of nitrogens with one attached hydrogen (secondary N) is 2. The summed E-state index contributed by atoms with van der Waals surface area (Å²) in [4.78, 5) is 16.5. The number of nitrogens with zero attached hydrogens (tertiary/aromatic N) is 2. The number of anilines is 2. The molecule has 0 unspecified atom stereocenters. The van der Waals surface area contributed by atoms with E-state index in [9.17, 15) is 4.79 Å². The molecule has 5 nitrogen and oxygen atoms in total. The van der Waals surface area contributed by atoms with E-state index in [4.69, 9.17) is 16.9 Å². The Morgan fingerprint density at radius 3 is 2.59 bits per heavy atom. The predicted octanol–water partition coefficient (Wildman–Crippen LogP) is 4.32.